The van der Waals surface area contributed by atoms with Crippen LogP contribution in [0.1, 0.15) is 23.2 Å². The van der Waals surface area contributed by atoms with Crippen molar-refractivity contribution in [1.29, 1.82) is 0 Å². The Morgan fingerprint density at radius 3 is 2.85 bits per heavy atom. The Kier molecular flexibility index (Phi) is 4.49. The van der Waals surface area contributed by atoms with Crippen LogP contribution in [0.4, 0.5) is 11.4 Å². The van der Waals surface area contributed by atoms with Crippen LogP contribution in [0.15, 0.2) is 18.2 Å². The van der Waals surface area contributed by atoms with Gasteiger partial charge in [-0.3, -0.25) is 4.79 Å². The molecule has 3 N–H and O–H groups in total. The third kappa shape index (κ3) is 3.04. The zero-order valence-corrected chi connectivity index (χ0v) is 12.2. The first kappa shape index (κ1) is 14.7. The van der Waals surface area contributed by atoms with Crippen molar-refractivity contribution >= 4 is 17.3 Å². The molecule has 0 aliphatic carbocycles. The molecule has 1 heterocycles. The maximum atomic E-state index is 12.4. The van der Waals surface area contributed by atoms with E-state index in [0.29, 0.717) is 17.2 Å². The Balaban J connectivity index is 2.08. The van der Waals surface area contributed by atoms with Gasteiger partial charge < -0.3 is 20.6 Å². The molecule has 1 aromatic carbocycles. The summed E-state index contributed by atoms with van der Waals surface area (Å²) < 4.78 is 0. The Morgan fingerprint density at radius 2 is 2.25 bits per heavy atom. The van der Waals surface area contributed by atoms with Gasteiger partial charge in [0.1, 0.15) is 0 Å². The quantitative estimate of drug-likeness (QED) is 0.811. The summed E-state index contributed by atoms with van der Waals surface area (Å²) in [5, 5.41) is 8.96. The summed E-state index contributed by atoms with van der Waals surface area (Å²) in [5.74, 6) is 0.449. The fourth-order valence-corrected chi connectivity index (χ4v) is 2.71. The van der Waals surface area contributed by atoms with Crippen molar-refractivity contribution in [3.8, 4) is 0 Å². The molecule has 1 saturated heterocycles. The Labute approximate surface area is 120 Å². The summed E-state index contributed by atoms with van der Waals surface area (Å²) in [5.41, 5.74) is 8.16. The normalized spacial score (nSPS) is 18.4. The minimum absolute atomic E-state index is 0.0300. The minimum atomic E-state index is 0.0300. The van der Waals surface area contributed by atoms with Crippen LogP contribution >= 0.6 is 0 Å². The van der Waals surface area contributed by atoms with E-state index in [1.165, 1.54) is 0 Å². The maximum Gasteiger partial charge on any atom is 0.253 e. The van der Waals surface area contributed by atoms with Crippen molar-refractivity contribution in [2.24, 2.45) is 5.92 Å². The molecule has 2 rings (SSSR count). The number of nitrogens with zero attached hydrogens (tertiary/aromatic N) is 2. The van der Waals surface area contributed by atoms with E-state index >= 15 is 0 Å². The highest BCUT2D eigenvalue weighted by Crippen LogP contribution is 2.25. The molecule has 1 amide bonds. The van der Waals surface area contributed by atoms with Crippen LogP contribution in [0.3, 0.4) is 0 Å². The second kappa shape index (κ2) is 6.13. The van der Waals surface area contributed by atoms with Gasteiger partial charge in [-0.15, -0.1) is 0 Å². The van der Waals surface area contributed by atoms with Gasteiger partial charge in [-0.1, -0.05) is 0 Å². The number of nitrogen functional groups attached to an aromatic ring is 1. The number of aliphatic hydroxyl groups excluding tert-OH is 1. The summed E-state index contributed by atoms with van der Waals surface area (Å²) in [6.45, 7) is 1.69. The molecule has 0 radical (unpaired) electrons. The average Bonchev–Trinajstić information content (AvgIpc) is 2.86. The number of nitrogens with two attached hydrogens (primary N) is 1. The van der Waals surface area contributed by atoms with Crippen molar-refractivity contribution in [2.75, 3.05) is 44.4 Å². The third-order valence-corrected chi connectivity index (χ3v) is 3.87. The van der Waals surface area contributed by atoms with Crippen molar-refractivity contribution in [3.05, 3.63) is 23.8 Å². The lowest BCUT2D eigenvalue weighted by atomic mass is 10.1. The van der Waals surface area contributed by atoms with Crippen LogP contribution in [0.2, 0.25) is 0 Å². The van der Waals surface area contributed by atoms with Gasteiger partial charge in [0.25, 0.3) is 5.91 Å². The van der Waals surface area contributed by atoms with Crippen LogP contribution in [-0.2, 0) is 0 Å². The number of carbonyl (C=O) groups is 1. The van der Waals surface area contributed by atoms with Crippen molar-refractivity contribution in [3.63, 3.8) is 0 Å². The molecule has 1 aliphatic rings. The van der Waals surface area contributed by atoms with Gasteiger partial charge in [-0.05, 0) is 37.0 Å². The molecule has 20 heavy (non-hydrogen) atoms. The van der Waals surface area contributed by atoms with Crippen LogP contribution in [-0.4, -0.2) is 49.7 Å². The second-order valence-corrected chi connectivity index (χ2v) is 5.59. The number of likely N-dealkylation sites (tertiary alicyclic amines) is 1. The lowest BCUT2D eigenvalue weighted by Gasteiger charge is -2.19. The summed E-state index contributed by atoms with van der Waals surface area (Å²) in [7, 11) is 3.85. The van der Waals surface area contributed by atoms with Gasteiger partial charge in [0, 0.05) is 39.4 Å². The Morgan fingerprint density at radius 1 is 1.50 bits per heavy atom. The van der Waals surface area contributed by atoms with Crippen LogP contribution in [0.25, 0.3) is 0 Å². The smallest absolute Gasteiger partial charge is 0.253 e. The number of hydrogen-bond donors (Lipinski definition) is 2. The fraction of sp³-hybridized carbons (Fsp3) is 0.533. The van der Waals surface area contributed by atoms with Gasteiger partial charge >= 0.3 is 0 Å². The molecular formula is C15H23N3O2. The molecule has 1 unspecified atom stereocenters. The van der Waals surface area contributed by atoms with E-state index < -0.39 is 0 Å². The van der Waals surface area contributed by atoms with Crippen LogP contribution in [0.5, 0.6) is 0 Å². The van der Waals surface area contributed by atoms with E-state index in [-0.39, 0.29) is 12.5 Å². The zero-order chi connectivity index (χ0) is 14.7. The monoisotopic (exact) mass is 277 g/mol. The molecule has 1 aliphatic heterocycles. The lowest BCUT2D eigenvalue weighted by Crippen LogP contribution is -2.29. The van der Waals surface area contributed by atoms with E-state index in [1.807, 2.05) is 36.0 Å². The third-order valence-electron chi connectivity index (χ3n) is 3.87. The molecule has 5 heteroatoms. The molecule has 110 valence electrons. The van der Waals surface area contributed by atoms with Crippen molar-refractivity contribution in [2.45, 2.75) is 12.8 Å². The molecule has 1 atom stereocenters. The van der Waals surface area contributed by atoms with Crippen molar-refractivity contribution < 1.29 is 9.90 Å². The fourth-order valence-electron chi connectivity index (χ4n) is 2.71. The first-order valence-corrected chi connectivity index (χ1v) is 7.00. The van der Waals surface area contributed by atoms with E-state index in [9.17, 15) is 4.79 Å². The van der Waals surface area contributed by atoms with Gasteiger partial charge in [0.2, 0.25) is 0 Å². The maximum absolute atomic E-state index is 12.4. The summed E-state index contributed by atoms with van der Waals surface area (Å²) in [6.07, 6.45) is 1.74. The highest BCUT2D eigenvalue weighted by molar-refractivity contribution is 5.96. The van der Waals surface area contributed by atoms with Crippen LogP contribution in [0, 0.1) is 5.92 Å². The number of hydrogen-bond acceptors (Lipinski definition) is 4. The molecular weight excluding hydrogens is 254 g/mol. The first-order chi connectivity index (χ1) is 9.52. The number of amides is 1. The molecule has 5 nitrogen and oxygen atoms in total. The van der Waals surface area contributed by atoms with Gasteiger partial charge in [-0.2, -0.15) is 0 Å². The standard InChI is InChI=1S/C15H23N3O2/c1-17(2)14-4-3-12(9-13(14)16)15(20)18-7-5-11(10-18)6-8-19/h3-4,9,11,19H,5-8,10,16H2,1-2H3. The molecule has 0 aromatic heterocycles. The predicted octanol–water partition coefficient (Wildman–Crippen LogP) is 1.18. The molecule has 0 spiro atoms. The van der Waals surface area contributed by atoms with Gasteiger partial charge in [-0.25, -0.2) is 0 Å². The number of aliphatic hydroxyl groups is 1. The molecule has 1 fully saturated rings. The summed E-state index contributed by atoms with van der Waals surface area (Å²) >= 11 is 0. The highest BCUT2D eigenvalue weighted by Gasteiger charge is 2.26. The number of rotatable bonds is 4. The average molecular weight is 277 g/mol. The first-order valence-electron chi connectivity index (χ1n) is 7.00. The molecule has 1 aromatic rings. The van der Waals surface area contributed by atoms with Crippen molar-refractivity contribution in [1.82, 2.24) is 4.90 Å². The van der Waals surface area contributed by atoms with Crippen LogP contribution < -0.4 is 10.6 Å². The van der Waals surface area contributed by atoms with E-state index in [0.717, 1.165) is 31.6 Å². The van der Waals surface area contributed by atoms with E-state index in [1.54, 1.807) is 6.07 Å². The van der Waals surface area contributed by atoms with Gasteiger partial charge in [0.05, 0.1) is 11.4 Å². The summed E-state index contributed by atoms with van der Waals surface area (Å²) in [6, 6.07) is 5.45. The SMILES string of the molecule is CN(C)c1ccc(C(=O)N2CCC(CCO)C2)cc1N. The van der Waals surface area contributed by atoms with E-state index in [4.69, 9.17) is 10.8 Å². The Bertz CT molecular complexity index is 488. The predicted molar refractivity (Wildman–Crippen MR) is 80.9 cm³/mol. The molecule has 0 saturated carbocycles. The molecule has 0 bridgehead atoms. The van der Waals surface area contributed by atoms with Gasteiger partial charge in [0.15, 0.2) is 0 Å². The van der Waals surface area contributed by atoms with E-state index in [2.05, 4.69) is 0 Å². The topological polar surface area (TPSA) is 69.8 Å². The lowest BCUT2D eigenvalue weighted by molar-refractivity contribution is 0.0785. The minimum Gasteiger partial charge on any atom is -0.397 e. The zero-order valence-electron chi connectivity index (χ0n) is 12.2. The number of carbonyl (C=O) groups excluding carboxylic acids is 1. The summed E-state index contributed by atoms with van der Waals surface area (Å²) in [4.78, 5) is 16.2. The second-order valence-electron chi connectivity index (χ2n) is 5.59. The largest absolute Gasteiger partial charge is 0.397 e. The highest BCUT2D eigenvalue weighted by atomic mass is 16.3. The number of anilines is 2. The number of benzene rings is 1. The Hall–Kier alpha value is -1.75.